The summed E-state index contributed by atoms with van der Waals surface area (Å²) in [5.41, 5.74) is 6.74. The van der Waals surface area contributed by atoms with Crippen LogP contribution in [0.15, 0.2) is 36.5 Å². The normalized spacial score (nSPS) is 14.0. The van der Waals surface area contributed by atoms with Crippen molar-refractivity contribution in [3.8, 4) is 11.6 Å². The van der Waals surface area contributed by atoms with Crippen molar-refractivity contribution in [2.24, 2.45) is 5.73 Å². The molecule has 0 fully saturated rings. The Hall–Kier alpha value is -2.18. The summed E-state index contributed by atoms with van der Waals surface area (Å²) in [6, 6.07) is 9.16. The van der Waals surface area contributed by atoms with Crippen LogP contribution in [0.3, 0.4) is 0 Å². The third-order valence-corrected chi connectivity index (χ3v) is 3.64. The van der Waals surface area contributed by atoms with Gasteiger partial charge in [-0.2, -0.15) is 5.10 Å². The van der Waals surface area contributed by atoms with Crippen molar-refractivity contribution in [1.82, 2.24) is 20.0 Å². The number of aromatic nitrogens is 4. The van der Waals surface area contributed by atoms with Gasteiger partial charge in [-0.1, -0.05) is 11.6 Å². The van der Waals surface area contributed by atoms with Crippen molar-refractivity contribution < 1.29 is 4.74 Å². The van der Waals surface area contributed by atoms with Gasteiger partial charge < -0.3 is 10.5 Å². The molecule has 6 nitrogen and oxygen atoms in total. The predicted molar refractivity (Wildman–Crippen MR) is 85.4 cm³/mol. The second kappa shape index (κ2) is 5.90. The van der Waals surface area contributed by atoms with E-state index in [0.717, 1.165) is 16.7 Å². The molecule has 2 N–H and O–H groups in total. The van der Waals surface area contributed by atoms with E-state index >= 15 is 0 Å². The van der Waals surface area contributed by atoms with Crippen LogP contribution >= 0.6 is 11.6 Å². The second-order valence-corrected chi connectivity index (χ2v) is 5.56. The largest absolute Gasteiger partial charge is 0.489 e. The molecule has 114 valence electrons. The average Bonchev–Trinajstić information content (AvgIpc) is 2.91. The number of ether oxygens (including phenoxy) is 1. The molecule has 0 saturated heterocycles. The van der Waals surface area contributed by atoms with Crippen LogP contribution < -0.4 is 10.5 Å². The molecule has 0 spiro atoms. The molecule has 1 aromatic carbocycles. The van der Waals surface area contributed by atoms with Gasteiger partial charge in [-0.25, -0.2) is 4.68 Å². The van der Waals surface area contributed by atoms with E-state index in [1.807, 2.05) is 32.0 Å². The molecule has 3 aromatic rings. The molecular weight excluding hydrogens is 302 g/mol. The van der Waals surface area contributed by atoms with Gasteiger partial charge in [0.2, 0.25) is 0 Å². The van der Waals surface area contributed by atoms with Crippen LogP contribution in [-0.2, 0) is 0 Å². The Morgan fingerprint density at radius 3 is 2.68 bits per heavy atom. The molecule has 2 aromatic heterocycles. The Balaban J connectivity index is 1.94. The van der Waals surface area contributed by atoms with E-state index < -0.39 is 0 Å². The third kappa shape index (κ3) is 2.88. The Bertz CT molecular complexity index is 784. The smallest absolute Gasteiger partial charge is 0.176 e. The lowest BCUT2D eigenvalue weighted by atomic mass is 10.2. The molecule has 0 unspecified atom stereocenters. The molecule has 0 aliphatic carbocycles. The Labute approximate surface area is 132 Å². The first kappa shape index (κ1) is 14.7. The van der Waals surface area contributed by atoms with Crippen LogP contribution in [-0.4, -0.2) is 32.1 Å². The van der Waals surface area contributed by atoms with E-state index in [4.69, 9.17) is 22.1 Å². The van der Waals surface area contributed by atoms with E-state index in [2.05, 4.69) is 15.3 Å². The maximum absolute atomic E-state index is 5.82. The van der Waals surface area contributed by atoms with Crippen LogP contribution in [0, 0.1) is 0 Å². The van der Waals surface area contributed by atoms with Crippen LogP contribution in [0.1, 0.15) is 13.8 Å². The zero-order chi connectivity index (χ0) is 15.7. The Morgan fingerprint density at radius 1 is 1.18 bits per heavy atom. The van der Waals surface area contributed by atoms with Crippen molar-refractivity contribution in [2.45, 2.75) is 26.0 Å². The molecule has 0 amide bonds. The van der Waals surface area contributed by atoms with Gasteiger partial charge in [0.15, 0.2) is 11.0 Å². The minimum absolute atomic E-state index is 0.0391. The number of hydrogen-bond donors (Lipinski definition) is 1. The lowest BCUT2D eigenvalue weighted by Crippen LogP contribution is -2.33. The highest BCUT2D eigenvalue weighted by Crippen LogP contribution is 2.23. The summed E-state index contributed by atoms with van der Waals surface area (Å²) >= 11 is 5.76. The highest BCUT2D eigenvalue weighted by Gasteiger charge is 2.11. The quantitative estimate of drug-likeness (QED) is 0.800. The third-order valence-electron chi connectivity index (χ3n) is 3.44. The molecule has 0 aliphatic rings. The van der Waals surface area contributed by atoms with Crippen molar-refractivity contribution in [3.63, 3.8) is 0 Å². The summed E-state index contributed by atoms with van der Waals surface area (Å²) in [4.78, 5) is 0. The summed E-state index contributed by atoms with van der Waals surface area (Å²) in [5, 5.41) is 13.5. The van der Waals surface area contributed by atoms with Gasteiger partial charge in [-0.3, -0.25) is 0 Å². The van der Waals surface area contributed by atoms with Gasteiger partial charge in [-0.05, 0) is 44.2 Å². The number of benzene rings is 1. The van der Waals surface area contributed by atoms with Crippen LogP contribution in [0.2, 0.25) is 5.15 Å². The molecule has 2 heterocycles. The molecule has 3 rings (SSSR count). The molecule has 0 aliphatic heterocycles. The fraction of sp³-hybridized carbons (Fsp3) is 0.267. The second-order valence-electron chi connectivity index (χ2n) is 5.17. The lowest BCUT2D eigenvalue weighted by molar-refractivity contribution is 0.197. The summed E-state index contributed by atoms with van der Waals surface area (Å²) in [5.74, 6) is 1.37. The van der Waals surface area contributed by atoms with E-state index in [1.165, 1.54) is 0 Å². The van der Waals surface area contributed by atoms with Crippen molar-refractivity contribution in [1.29, 1.82) is 0 Å². The molecule has 2 atom stereocenters. The zero-order valence-electron chi connectivity index (χ0n) is 12.3. The Kier molecular flexibility index (Phi) is 3.96. The number of fused-ring (bicyclic) bond motifs is 1. The van der Waals surface area contributed by atoms with Crippen LogP contribution in [0.5, 0.6) is 5.75 Å². The lowest BCUT2D eigenvalue weighted by Gasteiger charge is -2.17. The first-order valence-electron chi connectivity index (χ1n) is 6.94. The number of rotatable bonds is 4. The molecule has 0 saturated carbocycles. The van der Waals surface area contributed by atoms with Gasteiger partial charge >= 0.3 is 0 Å². The number of nitrogens with two attached hydrogens (primary N) is 1. The van der Waals surface area contributed by atoms with Gasteiger partial charge in [0.25, 0.3) is 0 Å². The summed E-state index contributed by atoms with van der Waals surface area (Å²) in [7, 11) is 0. The summed E-state index contributed by atoms with van der Waals surface area (Å²) in [6.45, 7) is 3.86. The zero-order valence-corrected chi connectivity index (χ0v) is 13.0. The van der Waals surface area contributed by atoms with Gasteiger partial charge in [0, 0.05) is 11.4 Å². The molecule has 22 heavy (non-hydrogen) atoms. The van der Waals surface area contributed by atoms with Gasteiger partial charge in [0.05, 0.1) is 11.7 Å². The van der Waals surface area contributed by atoms with E-state index in [-0.39, 0.29) is 12.1 Å². The number of nitrogens with zero attached hydrogens (tertiary/aromatic N) is 4. The topological polar surface area (TPSA) is 78.9 Å². The van der Waals surface area contributed by atoms with Crippen LogP contribution in [0.25, 0.3) is 16.7 Å². The minimum atomic E-state index is -0.0605. The van der Waals surface area contributed by atoms with Crippen molar-refractivity contribution >= 4 is 22.5 Å². The number of hydrogen-bond acceptors (Lipinski definition) is 5. The number of halogens is 1. The van der Waals surface area contributed by atoms with E-state index in [9.17, 15) is 0 Å². The maximum atomic E-state index is 5.82. The first-order chi connectivity index (χ1) is 10.5. The SMILES string of the molecule is C[C@H](N)[C@@H](C)Oc1ccc2c(cnn2-c2ccc(Cl)nn2)c1. The fourth-order valence-corrected chi connectivity index (χ4v) is 2.11. The van der Waals surface area contributed by atoms with E-state index in [0.29, 0.717) is 11.0 Å². The van der Waals surface area contributed by atoms with Gasteiger partial charge in [0.1, 0.15) is 11.9 Å². The van der Waals surface area contributed by atoms with Crippen molar-refractivity contribution in [2.75, 3.05) is 0 Å². The fourth-order valence-electron chi connectivity index (χ4n) is 2.01. The molecule has 0 bridgehead atoms. The predicted octanol–water partition coefficient (Wildman–Crippen LogP) is 2.58. The monoisotopic (exact) mass is 317 g/mol. The summed E-state index contributed by atoms with van der Waals surface area (Å²) in [6.07, 6.45) is 1.70. The highest BCUT2D eigenvalue weighted by molar-refractivity contribution is 6.29. The molecule has 0 radical (unpaired) electrons. The molecule has 7 heteroatoms. The Morgan fingerprint density at radius 2 is 2.00 bits per heavy atom. The maximum Gasteiger partial charge on any atom is 0.176 e. The van der Waals surface area contributed by atoms with Gasteiger partial charge in [-0.15, -0.1) is 10.2 Å². The first-order valence-corrected chi connectivity index (χ1v) is 7.32. The molecular formula is C15H16ClN5O. The minimum Gasteiger partial charge on any atom is -0.489 e. The highest BCUT2D eigenvalue weighted by atomic mass is 35.5. The van der Waals surface area contributed by atoms with Crippen molar-refractivity contribution in [3.05, 3.63) is 41.7 Å². The standard InChI is InChI=1S/C15H16ClN5O/c1-9(17)10(2)22-12-3-4-13-11(7-12)8-18-21(13)15-6-5-14(16)19-20-15/h3-10H,17H2,1-2H3/t9-,10+/m0/s1. The van der Waals surface area contributed by atoms with E-state index in [1.54, 1.807) is 23.0 Å². The average molecular weight is 318 g/mol. The van der Waals surface area contributed by atoms with Crippen LogP contribution in [0.4, 0.5) is 0 Å². The summed E-state index contributed by atoms with van der Waals surface area (Å²) < 4.78 is 7.51.